The molecule has 26 heavy (non-hydrogen) atoms. The van der Waals surface area contributed by atoms with Gasteiger partial charge in [-0.05, 0) is 57.2 Å². The number of amides is 1. The summed E-state index contributed by atoms with van der Waals surface area (Å²) < 4.78 is 16.8. The average molecular weight is 355 g/mol. The monoisotopic (exact) mass is 355 g/mol. The SMILES string of the molecule is CCOc1ccc(C(=O)N[C@@H]2CC(C)(C)Oc3cc(OC)ccc32)cc1. The number of benzene rings is 2. The van der Waals surface area contributed by atoms with E-state index in [1.54, 1.807) is 19.2 Å². The molecule has 0 spiro atoms. The molecular formula is C21H25NO4. The van der Waals surface area contributed by atoms with Crippen LogP contribution in [0, 0.1) is 0 Å². The lowest BCUT2D eigenvalue weighted by Gasteiger charge is -2.38. The zero-order valence-corrected chi connectivity index (χ0v) is 15.7. The molecule has 1 aliphatic rings. The minimum Gasteiger partial charge on any atom is -0.497 e. The molecule has 1 heterocycles. The van der Waals surface area contributed by atoms with E-state index in [4.69, 9.17) is 14.2 Å². The van der Waals surface area contributed by atoms with Crippen LogP contribution in [0.2, 0.25) is 0 Å². The van der Waals surface area contributed by atoms with Crippen LogP contribution in [0.15, 0.2) is 42.5 Å². The van der Waals surface area contributed by atoms with E-state index in [0.29, 0.717) is 18.6 Å². The van der Waals surface area contributed by atoms with Crippen molar-refractivity contribution in [1.29, 1.82) is 0 Å². The highest BCUT2D eigenvalue weighted by atomic mass is 16.5. The Kier molecular flexibility index (Phi) is 5.07. The molecule has 1 aliphatic heterocycles. The largest absolute Gasteiger partial charge is 0.497 e. The van der Waals surface area contributed by atoms with E-state index in [1.807, 2.05) is 51.1 Å². The van der Waals surface area contributed by atoms with Gasteiger partial charge in [0.1, 0.15) is 22.8 Å². The molecule has 0 bridgehead atoms. The fraction of sp³-hybridized carbons (Fsp3) is 0.381. The molecule has 0 saturated carbocycles. The number of rotatable bonds is 5. The van der Waals surface area contributed by atoms with Gasteiger partial charge in [-0.2, -0.15) is 0 Å². The molecular weight excluding hydrogens is 330 g/mol. The van der Waals surface area contributed by atoms with Crippen molar-refractivity contribution in [2.24, 2.45) is 0 Å². The molecule has 3 rings (SSSR count). The van der Waals surface area contributed by atoms with Crippen LogP contribution >= 0.6 is 0 Å². The van der Waals surface area contributed by atoms with Gasteiger partial charge in [-0.1, -0.05) is 0 Å². The predicted molar refractivity (Wildman–Crippen MR) is 100 cm³/mol. The molecule has 0 fully saturated rings. The van der Waals surface area contributed by atoms with Crippen molar-refractivity contribution >= 4 is 5.91 Å². The third kappa shape index (κ3) is 3.93. The quantitative estimate of drug-likeness (QED) is 0.876. The zero-order valence-electron chi connectivity index (χ0n) is 15.7. The highest BCUT2D eigenvalue weighted by molar-refractivity contribution is 5.94. The first-order valence-electron chi connectivity index (χ1n) is 8.82. The molecule has 0 aromatic heterocycles. The number of methoxy groups -OCH3 is 1. The summed E-state index contributed by atoms with van der Waals surface area (Å²) in [5.74, 6) is 2.13. The summed E-state index contributed by atoms with van der Waals surface area (Å²) in [7, 11) is 1.63. The Morgan fingerprint density at radius 1 is 1.19 bits per heavy atom. The topological polar surface area (TPSA) is 56.8 Å². The molecule has 5 heteroatoms. The maximum Gasteiger partial charge on any atom is 0.251 e. The fourth-order valence-electron chi connectivity index (χ4n) is 3.20. The van der Waals surface area contributed by atoms with Crippen molar-refractivity contribution in [3.63, 3.8) is 0 Å². The predicted octanol–water partition coefficient (Wildman–Crippen LogP) is 4.13. The second-order valence-electron chi connectivity index (χ2n) is 6.95. The van der Waals surface area contributed by atoms with Crippen LogP contribution in [0.25, 0.3) is 0 Å². The van der Waals surface area contributed by atoms with E-state index in [1.165, 1.54) is 0 Å². The lowest BCUT2D eigenvalue weighted by molar-refractivity contribution is 0.0617. The Bertz CT molecular complexity index is 783. The van der Waals surface area contributed by atoms with Gasteiger partial charge in [0.15, 0.2) is 0 Å². The minimum absolute atomic E-state index is 0.113. The molecule has 1 N–H and O–H groups in total. The van der Waals surface area contributed by atoms with Gasteiger partial charge in [-0.25, -0.2) is 0 Å². The van der Waals surface area contributed by atoms with Gasteiger partial charge in [0.05, 0.1) is 19.8 Å². The number of ether oxygens (including phenoxy) is 3. The molecule has 0 saturated heterocycles. The van der Waals surface area contributed by atoms with Crippen molar-refractivity contribution in [3.8, 4) is 17.2 Å². The maximum absolute atomic E-state index is 12.7. The average Bonchev–Trinajstić information content (AvgIpc) is 2.61. The van der Waals surface area contributed by atoms with Crippen LogP contribution in [-0.4, -0.2) is 25.2 Å². The van der Waals surface area contributed by atoms with Crippen LogP contribution in [0.4, 0.5) is 0 Å². The highest BCUT2D eigenvalue weighted by Gasteiger charge is 2.35. The number of hydrogen-bond donors (Lipinski definition) is 1. The highest BCUT2D eigenvalue weighted by Crippen LogP contribution is 2.41. The number of carbonyl (C=O) groups excluding carboxylic acids is 1. The van der Waals surface area contributed by atoms with Crippen molar-refractivity contribution in [3.05, 3.63) is 53.6 Å². The summed E-state index contributed by atoms with van der Waals surface area (Å²) in [6.45, 7) is 6.57. The zero-order chi connectivity index (χ0) is 18.7. The number of carbonyl (C=O) groups is 1. The Morgan fingerprint density at radius 2 is 1.88 bits per heavy atom. The Labute approximate surface area is 154 Å². The fourth-order valence-corrected chi connectivity index (χ4v) is 3.20. The lowest BCUT2D eigenvalue weighted by atomic mass is 9.89. The van der Waals surface area contributed by atoms with Crippen LogP contribution < -0.4 is 19.5 Å². The third-order valence-corrected chi connectivity index (χ3v) is 4.41. The van der Waals surface area contributed by atoms with Crippen LogP contribution in [-0.2, 0) is 0 Å². The molecule has 2 aromatic rings. The molecule has 138 valence electrons. The molecule has 1 amide bonds. The van der Waals surface area contributed by atoms with Crippen molar-refractivity contribution in [1.82, 2.24) is 5.32 Å². The molecule has 1 atom stereocenters. The molecule has 0 unspecified atom stereocenters. The van der Waals surface area contributed by atoms with E-state index in [-0.39, 0.29) is 17.6 Å². The van der Waals surface area contributed by atoms with Gasteiger partial charge in [-0.3, -0.25) is 4.79 Å². The van der Waals surface area contributed by atoms with Gasteiger partial charge in [0.25, 0.3) is 5.91 Å². The van der Waals surface area contributed by atoms with Crippen LogP contribution in [0.1, 0.15) is 49.2 Å². The van der Waals surface area contributed by atoms with E-state index in [2.05, 4.69) is 5.32 Å². The maximum atomic E-state index is 12.7. The second kappa shape index (κ2) is 7.28. The first kappa shape index (κ1) is 18.1. The summed E-state index contributed by atoms with van der Waals surface area (Å²) in [4.78, 5) is 12.7. The smallest absolute Gasteiger partial charge is 0.251 e. The van der Waals surface area contributed by atoms with Gasteiger partial charge in [-0.15, -0.1) is 0 Å². The third-order valence-electron chi connectivity index (χ3n) is 4.41. The molecule has 5 nitrogen and oxygen atoms in total. The standard InChI is InChI=1S/C21H25NO4/c1-5-25-15-8-6-14(7-9-15)20(23)22-18-13-21(2,3)26-19-12-16(24-4)10-11-17(18)19/h6-12,18H,5,13H2,1-4H3,(H,22,23)/t18-/m1/s1. The van der Waals surface area contributed by atoms with Crippen molar-refractivity contribution in [2.45, 2.75) is 38.8 Å². The summed E-state index contributed by atoms with van der Waals surface area (Å²) >= 11 is 0. The molecule has 0 radical (unpaired) electrons. The van der Waals surface area contributed by atoms with Gasteiger partial charge < -0.3 is 19.5 Å². The summed E-state index contributed by atoms with van der Waals surface area (Å²) in [6, 6.07) is 12.8. The van der Waals surface area contributed by atoms with E-state index >= 15 is 0 Å². The molecule has 2 aromatic carbocycles. The number of nitrogens with one attached hydrogen (secondary N) is 1. The van der Waals surface area contributed by atoms with Gasteiger partial charge >= 0.3 is 0 Å². The van der Waals surface area contributed by atoms with Crippen molar-refractivity contribution < 1.29 is 19.0 Å². The van der Waals surface area contributed by atoms with E-state index in [9.17, 15) is 4.79 Å². The van der Waals surface area contributed by atoms with Crippen molar-refractivity contribution in [2.75, 3.05) is 13.7 Å². The first-order chi connectivity index (χ1) is 12.4. The van der Waals surface area contributed by atoms with Gasteiger partial charge in [0.2, 0.25) is 0 Å². The summed E-state index contributed by atoms with van der Waals surface area (Å²) in [6.07, 6.45) is 0.690. The van der Waals surface area contributed by atoms with Crippen LogP contribution in [0.5, 0.6) is 17.2 Å². The second-order valence-corrected chi connectivity index (χ2v) is 6.95. The van der Waals surface area contributed by atoms with Gasteiger partial charge in [0, 0.05) is 23.6 Å². The number of fused-ring (bicyclic) bond motifs is 1. The molecule has 0 aliphatic carbocycles. The lowest BCUT2D eigenvalue weighted by Crippen LogP contribution is -2.41. The number of hydrogen-bond acceptors (Lipinski definition) is 4. The van der Waals surface area contributed by atoms with Crippen LogP contribution in [0.3, 0.4) is 0 Å². The summed E-state index contributed by atoms with van der Waals surface area (Å²) in [5, 5.41) is 3.14. The minimum atomic E-state index is -0.379. The normalized spacial score (nSPS) is 17.6. The summed E-state index contributed by atoms with van der Waals surface area (Å²) in [5.41, 5.74) is 1.19. The Balaban J connectivity index is 1.81. The Morgan fingerprint density at radius 3 is 2.54 bits per heavy atom. The first-order valence-corrected chi connectivity index (χ1v) is 8.82. The Hall–Kier alpha value is -2.69. The van der Waals surface area contributed by atoms with E-state index in [0.717, 1.165) is 22.8 Å². The van der Waals surface area contributed by atoms with E-state index < -0.39 is 0 Å².